The molecule has 3 aromatic rings. The molecular weight excluding hydrogens is 409 g/mol. The van der Waals surface area contributed by atoms with Crippen LogP contribution >= 0.6 is 0 Å². The first kappa shape index (κ1) is 19.3. The van der Waals surface area contributed by atoms with Crippen LogP contribution in [0, 0.1) is 0 Å². The van der Waals surface area contributed by atoms with Gasteiger partial charge in [0.25, 0.3) is 0 Å². The van der Waals surface area contributed by atoms with Gasteiger partial charge in [0, 0.05) is 33.3 Å². The Morgan fingerprint density at radius 3 is 2.45 bits per heavy atom. The highest BCUT2D eigenvalue weighted by molar-refractivity contribution is 7.88. The van der Waals surface area contributed by atoms with Gasteiger partial charge in [0.2, 0.25) is 0 Å². The quantitative estimate of drug-likeness (QED) is 0.370. The third-order valence-corrected chi connectivity index (χ3v) is 6.05. The number of carbonyl (C=O) groups is 1. The standard InChI is InChI=1S/C19H15F3N2O4S/c1-18(2)13-8-10(28-29(26,27)19(20,21)22)4-6-11(13)16(25)15-12-5-3-9(23)7-14(12)24-17(15)18/h3-8,24H,23H2,1-2H3. The van der Waals surface area contributed by atoms with E-state index in [-0.39, 0.29) is 11.3 Å². The predicted molar refractivity (Wildman–Crippen MR) is 100 cm³/mol. The molecule has 0 saturated heterocycles. The predicted octanol–water partition coefficient (Wildman–Crippen LogP) is 3.85. The highest BCUT2D eigenvalue weighted by Gasteiger charge is 2.49. The lowest BCUT2D eigenvalue weighted by molar-refractivity contribution is -0.0500. The minimum atomic E-state index is -5.82. The van der Waals surface area contributed by atoms with Crippen molar-refractivity contribution in [2.45, 2.75) is 24.8 Å². The summed E-state index contributed by atoms with van der Waals surface area (Å²) in [7, 11) is -5.82. The Balaban J connectivity index is 1.88. The van der Waals surface area contributed by atoms with Gasteiger partial charge < -0.3 is 14.9 Å². The number of nitrogen functional groups attached to an aromatic ring is 1. The normalized spacial score (nSPS) is 15.8. The van der Waals surface area contributed by atoms with Crippen LogP contribution in [0.5, 0.6) is 5.75 Å². The van der Waals surface area contributed by atoms with E-state index in [1.165, 1.54) is 6.07 Å². The fourth-order valence-electron chi connectivity index (χ4n) is 3.65. The van der Waals surface area contributed by atoms with Gasteiger partial charge in [0.15, 0.2) is 5.78 Å². The number of ketones is 1. The van der Waals surface area contributed by atoms with Crippen molar-refractivity contribution in [3.63, 3.8) is 0 Å². The molecule has 0 bridgehead atoms. The highest BCUT2D eigenvalue weighted by Crippen LogP contribution is 2.45. The Kier molecular flexibility index (Phi) is 3.83. The molecule has 1 aliphatic carbocycles. The summed E-state index contributed by atoms with van der Waals surface area (Å²) in [6.45, 7) is 3.55. The number of nitrogens with two attached hydrogens (primary N) is 1. The summed E-state index contributed by atoms with van der Waals surface area (Å²) in [5, 5.41) is 0.679. The summed E-state index contributed by atoms with van der Waals surface area (Å²) in [5.74, 6) is -0.846. The van der Waals surface area contributed by atoms with E-state index in [1.54, 1.807) is 32.0 Å². The van der Waals surface area contributed by atoms with Crippen molar-refractivity contribution in [2.24, 2.45) is 0 Å². The van der Waals surface area contributed by atoms with Crippen LogP contribution in [0.4, 0.5) is 18.9 Å². The maximum atomic E-state index is 13.1. The smallest absolute Gasteiger partial charge is 0.399 e. The number of nitrogens with one attached hydrogen (secondary N) is 1. The molecule has 0 atom stereocenters. The molecule has 0 radical (unpaired) electrons. The number of halogens is 3. The number of H-pyrrole nitrogens is 1. The second-order valence-corrected chi connectivity index (χ2v) is 8.86. The maximum Gasteiger partial charge on any atom is 0.534 e. The van der Waals surface area contributed by atoms with Crippen LogP contribution in [0.2, 0.25) is 0 Å². The number of anilines is 1. The largest absolute Gasteiger partial charge is 0.534 e. The fourth-order valence-corrected chi connectivity index (χ4v) is 4.10. The lowest BCUT2D eigenvalue weighted by Gasteiger charge is -2.32. The molecule has 2 aromatic carbocycles. The van der Waals surface area contributed by atoms with Gasteiger partial charge in [-0.2, -0.15) is 21.6 Å². The lowest BCUT2D eigenvalue weighted by Crippen LogP contribution is -2.31. The van der Waals surface area contributed by atoms with E-state index in [2.05, 4.69) is 9.17 Å². The van der Waals surface area contributed by atoms with Gasteiger partial charge in [-0.1, -0.05) is 19.9 Å². The van der Waals surface area contributed by atoms with Crippen LogP contribution in [-0.2, 0) is 15.5 Å². The lowest BCUT2D eigenvalue weighted by atomic mass is 9.71. The number of aromatic nitrogens is 1. The first-order chi connectivity index (χ1) is 13.3. The number of benzene rings is 2. The van der Waals surface area contributed by atoms with Crippen molar-refractivity contribution < 1.29 is 30.6 Å². The molecule has 3 N–H and O–H groups in total. The van der Waals surface area contributed by atoms with E-state index in [0.29, 0.717) is 33.4 Å². The van der Waals surface area contributed by atoms with E-state index >= 15 is 0 Å². The Hall–Kier alpha value is -3.01. The highest BCUT2D eigenvalue weighted by atomic mass is 32.2. The maximum absolute atomic E-state index is 13.1. The second kappa shape index (κ2) is 5.76. The van der Waals surface area contributed by atoms with Crippen LogP contribution in [0.15, 0.2) is 36.4 Å². The van der Waals surface area contributed by atoms with Crippen molar-refractivity contribution in [2.75, 3.05) is 5.73 Å². The first-order valence-electron chi connectivity index (χ1n) is 8.44. The number of aromatic amines is 1. The zero-order valence-corrected chi connectivity index (χ0v) is 16.0. The molecule has 0 amide bonds. The summed E-state index contributed by atoms with van der Waals surface area (Å²) >= 11 is 0. The number of rotatable bonds is 2. The molecule has 1 heterocycles. The van der Waals surface area contributed by atoms with Crippen LogP contribution < -0.4 is 9.92 Å². The number of hydrogen-bond donors (Lipinski definition) is 2. The molecule has 29 heavy (non-hydrogen) atoms. The van der Waals surface area contributed by atoms with E-state index < -0.39 is 26.8 Å². The van der Waals surface area contributed by atoms with E-state index in [1.807, 2.05) is 0 Å². The van der Waals surface area contributed by atoms with E-state index in [9.17, 15) is 26.4 Å². The molecule has 0 aliphatic heterocycles. The van der Waals surface area contributed by atoms with Crippen molar-refractivity contribution in [3.05, 3.63) is 58.8 Å². The van der Waals surface area contributed by atoms with Crippen LogP contribution in [0.25, 0.3) is 10.9 Å². The van der Waals surface area contributed by atoms with Gasteiger partial charge in [-0.3, -0.25) is 4.79 Å². The molecule has 152 valence electrons. The number of alkyl halides is 3. The van der Waals surface area contributed by atoms with Crippen molar-refractivity contribution in [1.29, 1.82) is 0 Å². The Morgan fingerprint density at radius 1 is 1.10 bits per heavy atom. The molecule has 4 rings (SSSR count). The minimum absolute atomic E-state index is 0.261. The van der Waals surface area contributed by atoms with E-state index in [4.69, 9.17) is 5.73 Å². The first-order valence-corrected chi connectivity index (χ1v) is 9.85. The van der Waals surface area contributed by atoms with Gasteiger partial charge in [0.1, 0.15) is 5.75 Å². The van der Waals surface area contributed by atoms with Crippen molar-refractivity contribution in [3.8, 4) is 5.75 Å². The average Bonchev–Trinajstić information content (AvgIpc) is 2.98. The van der Waals surface area contributed by atoms with Crippen molar-refractivity contribution in [1.82, 2.24) is 4.98 Å². The third-order valence-electron chi connectivity index (χ3n) is 5.07. The minimum Gasteiger partial charge on any atom is -0.399 e. The zero-order chi connectivity index (χ0) is 21.4. The number of hydrogen-bond acceptors (Lipinski definition) is 5. The Morgan fingerprint density at radius 2 is 1.79 bits per heavy atom. The van der Waals surface area contributed by atoms with E-state index in [0.717, 1.165) is 12.1 Å². The van der Waals surface area contributed by atoms with Crippen LogP contribution in [0.3, 0.4) is 0 Å². The van der Waals surface area contributed by atoms with Crippen molar-refractivity contribution >= 4 is 32.5 Å². The molecule has 0 saturated carbocycles. The zero-order valence-electron chi connectivity index (χ0n) is 15.2. The SMILES string of the molecule is CC1(C)c2cc(OS(=O)(=O)C(F)(F)F)ccc2C(=O)c2c1[nH]c1cc(N)ccc21. The topological polar surface area (TPSA) is 102 Å². The van der Waals surface area contributed by atoms with Gasteiger partial charge in [-0.15, -0.1) is 0 Å². The monoisotopic (exact) mass is 424 g/mol. The molecule has 10 heteroatoms. The van der Waals surface area contributed by atoms with Gasteiger partial charge in [0.05, 0.1) is 5.56 Å². The molecular formula is C19H15F3N2O4S. The van der Waals surface area contributed by atoms with Gasteiger partial charge >= 0.3 is 15.6 Å². The molecule has 0 fully saturated rings. The second-order valence-electron chi connectivity index (χ2n) is 7.32. The number of carbonyl (C=O) groups excluding carboxylic acids is 1. The molecule has 0 spiro atoms. The molecule has 1 aromatic heterocycles. The third kappa shape index (κ3) is 2.78. The van der Waals surface area contributed by atoms with Crippen LogP contribution in [0.1, 0.15) is 41.0 Å². The Bertz CT molecular complexity index is 1290. The number of fused-ring (bicyclic) bond motifs is 4. The summed E-state index contributed by atoms with van der Waals surface area (Å²) in [6.07, 6.45) is 0. The summed E-state index contributed by atoms with van der Waals surface area (Å²) in [6, 6.07) is 8.55. The van der Waals surface area contributed by atoms with Gasteiger partial charge in [-0.05, 0) is 35.9 Å². The molecule has 0 unspecified atom stereocenters. The fraction of sp³-hybridized carbons (Fsp3) is 0.211. The van der Waals surface area contributed by atoms with Crippen LogP contribution in [-0.4, -0.2) is 24.7 Å². The summed E-state index contributed by atoms with van der Waals surface area (Å²) < 4.78 is 64.8. The average molecular weight is 424 g/mol. The molecule has 1 aliphatic rings. The summed E-state index contributed by atoms with van der Waals surface area (Å²) in [4.78, 5) is 16.3. The Labute approximate surface area is 163 Å². The van der Waals surface area contributed by atoms with Gasteiger partial charge in [-0.25, -0.2) is 0 Å². The molecule has 6 nitrogen and oxygen atoms in total. The summed E-state index contributed by atoms with van der Waals surface area (Å²) in [5.41, 5.74) is 2.20.